The Labute approximate surface area is 135 Å². The van der Waals surface area contributed by atoms with Gasteiger partial charge in [-0.2, -0.15) is 4.98 Å². The number of rotatable bonds is 7. The van der Waals surface area contributed by atoms with Gasteiger partial charge in [0.25, 0.3) is 0 Å². The van der Waals surface area contributed by atoms with Crippen LogP contribution in [-0.2, 0) is 4.79 Å². The van der Waals surface area contributed by atoms with E-state index in [0.717, 1.165) is 32.1 Å². The Morgan fingerprint density at radius 3 is 2.73 bits per heavy atom. The van der Waals surface area contributed by atoms with E-state index in [9.17, 15) is 4.79 Å². The van der Waals surface area contributed by atoms with Gasteiger partial charge in [0, 0.05) is 18.3 Å². The lowest BCUT2D eigenvalue weighted by molar-refractivity contribution is -0.122. The molecule has 0 saturated heterocycles. The molecule has 1 heterocycles. The van der Waals surface area contributed by atoms with E-state index in [1.807, 2.05) is 0 Å². The predicted octanol–water partition coefficient (Wildman–Crippen LogP) is 2.31. The summed E-state index contributed by atoms with van der Waals surface area (Å²) in [7, 11) is 1.55. The van der Waals surface area contributed by atoms with Gasteiger partial charge in [-0.15, -0.1) is 11.6 Å². The van der Waals surface area contributed by atoms with Crippen LogP contribution < -0.4 is 14.8 Å². The predicted molar refractivity (Wildman–Crippen MR) is 83.4 cm³/mol. The minimum Gasteiger partial charge on any atom is -0.480 e. The number of nitrogens with zero attached hydrogens (tertiary/aromatic N) is 2. The van der Waals surface area contributed by atoms with E-state index in [-0.39, 0.29) is 18.1 Å². The smallest absolute Gasteiger partial charge is 0.235 e. The molecule has 1 fully saturated rings. The SMILES string of the molecule is COc1cncc(OC2CCC(NC(=O)CCCCl)CC2)n1. The highest BCUT2D eigenvalue weighted by Crippen LogP contribution is 2.23. The molecule has 1 N–H and O–H groups in total. The van der Waals surface area contributed by atoms with Crippen molar-refractivity contribution in [3.05, 3.63) is 12.4 Å². The van der Waals surface area contributed by atoms with Gasteiger partial charge in [-0.1, -0.05) is 0 Å². The fourth-order valence-corrected chi connectivity index (χ4v) is 2.64. The van der Waals surface area contributed by atoms with Crippen molar-refractivity contribution in [2.75, 3.05) is 13.0 Å². The summed E-state index contributed by atoms with van der Waals surface area (Å²) in [6.07, 6.45) is 8.06. The molecule has 0 aromatic carbocycles. The number of amides is 1. The molecule has 6 nitrogen and oxygen atoms in total. The van der Waals surface area contributed by atoms with Gasteiger partial charge in [0.1, 0.15) is 6.10 Å². The van der Waals surface area contributed by atoms with Gasteiger partial charge in [0.2, 0.25) is 17.7 Å². The summed E-state index contributed by atoms with van der Waals surface area (Å²) in [6.45, 7) is 0. The van der Waals surface area contributed by atoms with E-state index in [0.29, 0.717) is 24.1 Å². The van der Waals surface area contributed by atoms with Crippen molar-refractivity contribution in [1.82, 2.24) is 15.3 Å². The average Bonchev–Trinajstić information content (AvgIpc) is 2.55. The molecule has 1 amide bonds. The van der Waals surface area contributed by atoms with Crippen LogP contribution in [0.4, 0.5) is 0 Å². The Hall–Kier alpha value is -1.56. The number of methoxy groups -OCH3 is 1. The molecule has 0 radical (unpaired) electrons. The van der Waals surface area contributed by atoms with Crippen LogP contribution in [0.5, 0.6) is 11.8 Å². The Balaban J connectivity index is 1.73. The van der Waals surface area contributed by atoms with Crippen molar-refractivity contribution in [2.45, 2.75) is 50.7 Å². The quantitative estimate of drug-likeness (QED) is 0.778. The van der Waals surface area contributed by atoms with Crippen molar-refractivity contribution in [2.24, 2.45) is 0 Å². The van der Waals surface area contributed by atoms with Crippen molar-refractivity contribution in [3.63, 3.8) is 0 Å². The average molecular weight is 328 g/mol. The van der Waals surface area contributed by atoms with Gasteiger partial charge < -0.3 is 14.8 Å². The number of alkyl halides is 1. The van der Waals surface area contributed by atoms with Crippen molar-refractivity contribution in [3.8, 4) is 11.8 Å². The zero-order valence-corrected chi connectivity index (χ0v) is 13.5. The van der Waals surface area contributed by atoms with Crippen molar-refractivity contribution in [1.29, 1.82) is 0 Å². The molecule has 0 unspecified atom stereocenters. The number of nitrogens with one attached hydrogen (secondary N) is 1. The van der Waals surface area contributed by atoms with E-state index >= 15 is 0 Å². The number of halogens is 1. The molecule has 1 aliphatic carbocycles. The van der Waals surface area contributed by atoms with E-state index in [1.165, 1.54) is 0 Å². The monoisotopic (exact) mass is 327 g/mol. The molecule has 2 rings (SSSR count). The molecule has 1 aromatic rings. The Morgan fingerprint density at radius 2 is 2.05 bits per heavy atom. The Kier molecular flexibility index (Phi) is 6.71. The van der Waals surface area contributed by atoms with Crippen LogP contribution in [-0.4, -0.2) is 41.0 Å². The summed E-state index contributed by atoms with van der Waals surface area (Å²) < 4.78 is 10.9. The van der Waals surface area contributed by atoms with Crippen LogP contribution in [0.15, 0.2) is 12.4 Å². The Morgan fingerprint density at radius 1 is 1.32 bits per heavy atom. The molecule has 7 heteroatoms. The second-order valence-electron chi connectivity index (χ2n) is 5.35. The summed E-state index contributed by atoms with van der Waals surface area (Å²) in [5.74, 6) is 1.53. The molecule has 1 aromatic heterocycles. The van der Waals surface area contributed by atoms with Gasteiger partial charge in [-0.05, 0) is 32.1 Å². The summed E-state index contributed by atoms with van der Waals surface area (Å²) in [4.78, 5) is 19.9. The fourth-order valence-electron chi connectivity index (χ4n) is 2.51. The summed E-state index contributed by atoms with van der Waals surface area (Å²) in [5, 5.41) is 3.06. The third-order valence-electron chi connectivity index (χ3n) is 3.66. The van der Waals surface area contributed by atoms with Crippen LogP contribution in [0.3, 0.4) is 0 Å². The maximum atomic E-state index is 11.7. The lowest BCUT2D eigenvalue weighted by atomic mass is 9.93. The summed E-state index contributed by atoms with van der Waals surface area (Å²) in [6, 6.07) is 0.235. The first-order valence-electron chi connectivity index (χ1n) is 7.59. The van der Waals surface area contributed by atoms with Crippen LogP contribution in [0.25, 0.3) is 0 Å². The topological polar surface area (TPSA) is 73.3 Å². The minimum atomic E-state index is 0.0867. The van der Waals surface area contributed by atoms with E-state index in [1.54, 1.807) is 19.5 Å². The maximum Gasteiger partial charge on any atom is 0.235 e. The highest BCUT2D eigenvalue weighted by Gasteiger charge is 2.23. The largest absolute Gasteiger partial charge is 0.480 e. The van der Waals surface area contributed by atoms with Gasteiger partial charge in [0.05, 0.1) is 19.5 Å². The lowest BCUT2D eigenvalue weighted by Gasteiger charge is -2.29. The molecule has 1 aliphatic rings. The van der Waals surface area contributed by atoms with E-state index < -0.39 is 0 Å². The highest BCUT2D eigenvalue weighted by molar-refractivity contribution is 6.17. The van der Waals surface area contributed by atoms with Crippen molar-refractivity contribution < 1.29 is 14.3 Å². The zero-order valence-electron chi connectivity index (χ0n) is 12.8. The number of hydrogen-bond donors (Lipinski definition) is 1. The third kappa shape index (κ3) is 5.33. The summed E-state index contributed by atoms with van der Waals surface area (Å²) >= 11 is 5.59. The van der Waals surface area contributed by atoms with E-state index in [2.05, 4.69) is 15.3 Å². The van der Waals surface area contributed by atoms with Gasteiger partial charge in [-0.25, -0.2) is 0 Å². The van der Waals surface area contributed by atoms with Crippen LogP contribution in [0.1, 0.15) is 38.5 Å². The van der Waals surface area contributed by atoms with Gasteiger partial charge >= 0.3 is 0 Å². The molecule has 0 aliphatic heterocycles. The normalized spacial score (nSPS) is 21.2. The van der Waals surface area contributed by atoms with Gasteiger partial charge in [-0.3, -0.25) is 9.78 Å². The van der Waals surface area contributed by atoms with Crippen LogP contribution in [0.2, 0.25) is 0 Å². The van der Waals surface area contributed by atoms with Crippen LogP contribution >= 0.6 is 11.6 Å². The number of hydrogen-bond acceptors (Lipinski definition) is 5. The zero-order chi connectivity index (χ0) is 15.8. The standard InChI is InChI=1S/C15H22ClN3O3/c1-21-14-9-17-10-15(19-14)22-12-6-4-11(5-7-12)18-13(20)3-2-8-16/h9-12H,2-8H2,1H3,(H,18,20). The van der Waals surface area contributed by atoms with Crippen molar-refractivity contribution >= 4 is 17.5 Å². The number of aromatic nitrogens is 2. The molecular weight excluding hydrogens is 306 g/mol. The number of carbonyl (C=O) groups is 1. The van der Waals surface area contributed by atoms with Gasteiger partial charge in [0.15, 0.2) is 0 Å². The lowest BCUT2D eigenvalue weighted by Crippen LogP contribution is -2.39. The first-order valence-corrected chi connectivity index (χ1v) is 8.12. The second kappa shape index (κ2) is 8.78. The maximum absolute atomic E-state index is 11.7. The second-order valence-corrected chi connectivity index (χ2v) is 5.73. The Bertz CT molecular complexity index is 479. The summed E-state index contributed by atoms with van der Waals surface area (Å²) in [5.41, 5.74) is 0. The third-order valence-corrected chi connectivity index (χ3v) is 3.93. The fraction of sp³-hybridized carbons (Fsp3) is 0.667. The minimum absolute atomic E-state index is 0.0867. The number of carbonyl (C=O) groups excluding carboxylic acids is 1. The first kappa shape index (κ1) is 16.8. The molecular formula is C15H22ClN3O3. The molecule has 0 atom stereocenters. The molecule has 122 valence electrons. The highest BCUT2D eigenvalue weighted by atomic mass is 35.5. The molecule has 0 spiro atoms. The molecule has 0 bridgehead atoms. The molecule has 22 heavy (non-hydrogen) atoms. The number of ether oxygens (including phenoxy) is 2. The van der Waals surface area contributed by atoms with Crippen LogP contribution in [0, 0.1) is 0 Å². The van der Waals surface area contributed by atoms with E-state index in [4.69, 9.17) is 21.1 Å². The molecule has 1 saturated carbocycles. The first-order chi connectivity index (χ1) is 10.7.